The molecule has 0 spiro atoms. The van der Waals surface area contributed by atoms with Gasteiger partial charge in [0.2, 0.25) is 0 Å². The number of hydrogen-bond donors (Lipinski definition) is 1. The molecule has 1 saturated heterocycles. The zero-order chi connectivity index (χ0) is 26.8. The van der Waals surface area contributed by atoms with Crippen LogP contribution in [-0.2, 0) is 24.4 Å². The molecule has 10 nitrogen and oxygen atoms in total. The van der Waals surface area contributed by atoms with Crippen molar-refractivity contribution in [3.05, 3.63) is 75.6 Å². The van der Waals surface area contributed by atoms with Gasteiger partial charge in [-0.05, 0) is 59.5 Å². The van der Waals surface area contributed by atoms with Gasteiger partial charge >= 0.3 is 0 Å². The molecule has 4 aromatic rings. The molecule has 2 atom stereocenters. The molecule has 0 bridgehead atoms. The lowest BCUT2D eigenvalue weighted by Gasteiger charge is -2.30. The summed E-state index contributed by atoms with van der Waals surface area (Å²) in [6.45, 7) is 5.17. The fourth-order valence-corrected chi connectivity index (χ4v) is 5.39. The van der Waals surface area contributed by atoms with Gasteiger partial charge in [0, 0.05) is 36.7 Å². The van der Waals surface area contributed by atoms with E-state index < -0.39 is 0 Å². The molecule has 204 valence electrons. The molecule has 0 radical (unpaired) electrons. The van der Waals surface area contributed by atoms with Gasteiger partial charge in [-0.15, -0.1) is 5.10 Å². The lowest BCUT2D eigenvalue weighted by molar-refractivity contribution is 0.0888. The van der Waals surface area contributed by atoms with Crippen LogP contribution < -0.4 is 15.0 Å². The van der Waals surface area contributed by atoms with Crippen molar-refractivity contribution >= 4 is 10.9 Å². The topological polar surface area (TPSA) is 107 Å². The van der Waals surface area contributed by atoms with Crippen LogP contribution in [0.5, 0.6) is 11.5 Å². The number of nitrogens with zero attached hydrogens (tertiary/aromatic N) is 5. The third kappa shape index (κ3) is 5.50. The minimum absolute atomic E-state index is 0.0794. The van der Waals surface area contributed by atoms with Gasteiger partial charge in [-0.25, -0.2) is 9.07 Å². The van der Waals surface area contributed by atoms with E-state index in [1.807, 2.05) is 16.8 Å². The van der Waals surface area contributed by atoms with E-state index in [1.54, 1.807) is 18.2 Å². The van der Waals surface area contributed by atoms with E-state index in [1.165, 1.54) is 12.1 Å². The number of pyridine rings is 1. The molecule has 2 aliphatic heterocycles. The van der Waals surface area contributed by atoms with E-state index in [0.29, 0.717) is 67.7 Å². The van der Waals surface area contributed by atoms with E-state index in [4.69, 9.17) is 14.2 Å². The van der Waals surface area contributed by atoms with Crippen molar-refractivity contribution in [2.45, 2.75) is 58.0 Å². The first-order valence-corrected chi connectivity index (χ1v) is 13.4. The predicted octanol–water partition coefficient (Wildman–Crippen LogP) is 3.76. The maximum absolute atomic E-state index is 13.7. The molecule has 2 aromatic heterocycles. The Labute approximate surface area is 224 Å². The van der Waals surface area contributed by atoms with E-state index in [-0.39, 0.29) is 23.5 Å². The SMILES string of the molecule is CC[C@@H](c1nnnn1C[C@@H]1CCCO1)N(Cc1ccc(F)cc1)Cc1cc2cc3c(cc2[nH]c1=O)OCCO3. The lowest BCUT2D eigenvalue weighted by Crippen LogP contribution is -2.33. The number of benzene rings is 2. The van der Waals surface area contributed by atoms with Crippen molar-refractivity contribution in [1.82, 2.24) is 30.1 Å². The summed E-state index contributed by atoms with van der Waals surface area (Å²) < 4.78 is 32.7. The van der Waals surface area contributed by atoms with Gasteiger partial charge in [0.1, 0.15) is 19.0 Å². The van der Waals surface area contributed by atoms with E-state index in [9.17, 15) is 9.18 Å². The summed E-state index contributed by atoms with van der Waals surface area (Å²) in [4.78, 5) is 18.4. The van der Waals surface area contributed by atoms with E-state index in [2.05, 4.69) is 32.3 Å². The third-order valence-electron chi connectivity index (χ3n) is 7.34. The number of aromatic nitrogens is 5. The third-order valence-corrected chi connectivity index (χ3v) is 7.34. The van der Waals surface area contributed by atoms with Gasteiger partial charge in [0.05, 0.1) is 24.2 Å². The summed E-state index contributed by atoms with van der Waals surface area (Å²) >= 11 is 0. The van der Waals surface area contributed by atoms with Crippen molar-refractivity contribution < 1.29 is 18.6 Å². The van der Waals surface area contributed by atoms with Crippen LogP contribution in [0.2, 0.25) is 0 Å². The average molecular weight is 535 g/mol. The highest BCUT2D eigenvalue weighted by atomic mass is 19.1. The fourth-order valence-electron chi connectivity index (χ4n) is 5.39. The standard InChI is InChI=1S/C28H31FN6O4/c1-2-24(27-31-32-33-35(27)17-22-4-3-9-37-22)34(15-18-5-7-21(29)8-6-18)16-20-12-19-13-25-26(39-11-10-38-25)14-23(19)30-28(20)36/h5-8,12-14,22,24H,2-4,9-11,15-17H2,1H3,(H,30,36)/t22-,24-/m0/s1. The second kappa shape index (κ2) is 11.1. The van der Waals surface area contributed by atoms with Crippen LogP contribution in [0.15, 0.2) is 47.3 Å². The van der Waals surface area contributed by atoms with Crippen LogP contribution in [0.4, 0.5) is 4.39 Å². The number of rotatable bonds is 9. The number of hydrogen-bond acceptors (Lipinski definition) is 8. The smallest absolute Gasteiger partial charge is 0.252 e. The van der Waals surface area contributed by atoms with Gasteiger partial charge in [0.15, 0.2) is 17.3 Å². The number of halogens is 1. The van der Waals surface area contributed by atoms with E-state index in [0.717, 1.165) is 30.4 Å². The number of nitrogens with one attached hydrogen (secondary N) is 1. The summed E-state index contributed by atoms with van der Waals surface area (Å²) in [5.74, 6) is 1.71. The normalized spacial score (nSPS) is 17.7. The number of aromatic amines is 1. The molecule has 4 heterocycles. The van der Waals surface area contributed by atoms with Gasteiger partial charge in [-0.1, -0.05) is 19.1 Å². The first-order chi connectivity index (χ1) is 19.1. The zero-order valence-corrected chi connectivity index (χ0v) is 21.8. The van der Waals surface area contributed by atoms with Gasteiger partial charge < -0.3 is 19.2 Å². The predicted molar refractivity (Wildman–Crippen MR) is 141 cm³/mol. The van der Waals surface area contributed by atoms with Crippen LogP contribution in [-0.4, -0.2) is 56.0 Å². The van der Waals surface area contributed by atoms with Crippen LogP contribution in [0.1, 0.15) is 49.2 Å². The molecule has 1 N–H and O–H groups in total. The van der Waals surface area contributed by atoms with Crippen molar-refractivity contribution in [2.75, 3.05) is 19.8 Å². The molecular formula is C28H31FN6O4. The molecule has 0 unspecified atom stereocenters. The Bertz CT molecular complexity index is 1500. The van der Waals surface area contributed by atoms with E-state index >= 15 is 0 Å². The van der Waals surface area contributed by atoms with Crippen LogP contribution in [0.25, 0.3) is 10.9 Å². The Morgan fingerprint density at radius 2 is 1.90 bits per heavy atom. The highest BCUT2D eigenvalue weighted by Crippen LogP contribution is 2.34. The highest BCUT2D eigenvalue weighted by Gasteiger charge is 2.28. The largest absolute Gasteiger partial charge is 0.486 e. The second-order valence-electron chi connectivity index (χ2n) is 10.0. The molecule has 0 amide bonds. The molecule has 0 aliphatic carbocycles. The molecule has 39 heavy (non-hydrogen) atoms. The van der Waals surface area contributed by atoms with Gasteiger partial charge in [-0.2, -0.15) is 0 Å². The summed E-state index contributed by atoms with van der Waals surface area (Å²) in [7, 11) is 0. The van der Waals surface area contributed by atoms with Crippen LogP contribution in [0, 0.1) is 5.82 Å². The zero-order valence-electron chi connectivity index (χ0n) is 21.8. The summed E-state index contributed by atoms with van der Waals surface area (Å²) in [5, 5.41) is 13.5. The maximum Gasteiger partial charge on any atom is 0.252 e. The Morgan fingerprint density at radius 3 is 2.64 bits per heavy atom. The van der Waals surface area contributed by atoms with Gasteiger partial charge in [0.25, 0.3) is 5.56 Å². The van der Waals surface area contributed by atoms with Crippen molar-refractivity contribution in [3.8, 4) is 11.5 Å². The Kier molecular flexibility index (Phi) is 7.25. The summed E-state index contributed by atoms with van der Waals surface area (Å²) in [6, 6.07) is 11.8. The average Bonchev–Trinajstić information content (AvgIpc) is 3.63. The van der Waals surface area contributed by atoms with Crippen molar-refractivity contribution in [2.24, 2.45) is 0 Å². The lowest BCUT2D eigenvalue weighted by atomic mass is 10.1. The molecule has 2 aromatic carbocycles. The quantitative estimate of drug-likeness (QED) is 0.346. The summed E-state index contributed by atoms with van der Waals surface area (Å²) in [5.41, 5.74) is 2.02. The van der Waals surface area contributed by atoms with Crippen LogP contribution in [0.3, 0.4) is 0 Å². The molecule has 1 fully saturated rings. The summed E-state index contributed by atoms with van der Waals surface area (Å²) in [6.07, 6.45) is 2.79. The Balaban J connectivity index is 1.35. The Morgan fingerprint density at radius 1 is 1.10 bits per heavy atom. The fraction of sp³-hybridized carbons (Fsp3) is 0.429. The highest BCUT2D eigenvalue weighted by molar-refractivity contribution is 5.83. The minimum atomic E-state index is -0.293. The molecule has 2 aliphatic rings. The minimum Gasteiger partial charge on any atom is -0.486 e. The molecule has 11 heteroatoms. The first-order valence-electron chi connectivity index (χ1n) is 13.4. The number of fused-ring (bicyclic) bond motifs is 2. The number of ether oxygens (including phenoxy) is 3. The first kappa shape index (κ1) is 25.4. The van der Waals surface area contributed by atoms with Crippen molar-refractivity contribution in [1.29, 1.82) is 0 Å². The number of H-pyrrole nitrogens is 1. The maximum atomic E-state index is 13.7. The van der Waals surface area contributed by atoms with Crippen LogP contribution >= 0.6 is 0 Å². The second-order valence-corrected chi connectivity index (χ2v) is 10.0. The number of tetrazole rings is 1. The molecule has 6 rings (SSSR count). The molecular weight excluding hydrogens is 503 g/mol. The monoisotopic (exact) mass is 534 g/mol. The van der Waals surface area contributed by atoms with Crippen molar-refractivity contribution in [3.63, 3.8) is 0 Å². The molecule has 0 saturated carbocycles. The Hall–Kier alpha value is -3.83. The van der Waals surface area contributed by atoms with Gasteiger partial charge in [-0.3, -0.25) is 9.69 Å².